The molecule has 1 N–H and O–H groups in total. The minimum Gasteiger partial charge on any atom is -0.334 e. The Morgan fingerprint density at radius 2 is 1.77 bits per heavy atom. The summed E-state index contributed by atoms with van der Waals surface area (Å²) in [6.07, 6.45) is 0.450. The molecule has 0 saturated carbocycles. The number of anilines is 1. The minimum absolute atomic E-state index is 0.0168. The van der Waals surface area contributed by atoms with Gasteiger partial charge in [0.15, 0.2) is 0 Å². The molecule has 0 saturated heterocycles. The van der Waals surface area contributed by atoms with Crippen LogP contribution < -0.4 is 5.32 Å². The minimum atomic E-state index is -0.0168. The van der Waals surface area contributed by atoms with E-state index in [0.717, 1.165) is 16.8 Å². The molecule has 3 rings (SSSR count). The lowest BCUT2D eigenvalue weighted by molar-refractivity contribution is -0.115. The van der Waals surface area contributed by atoms with Crippen molar-refractivity contribution in [3.05, 3.63) is 54.6 Å². The van der Waals surface area contributed by atoms with Crippen molar-refractivity contribution >= 4 is 11.6 Å². The molecule has 0 radical (unpaired) electrons. The van der Waals surface area contributed by atoms with Crippen LogP contribution in [0.2, 0.25) is 0 Å². The molecule has 0 spiro atoms. The Kier molecular flexibility index (Phi) is 3.96. The second-order valence-electron chi connectivity index (χ2n) is 4.77. The predicted molar refractivity (Wildman–Crippen MR) is 84.1 cm³/mol. The molecule has 2 aromatic carbocycles. The number of amides is 1. The van der Waals surface area contributed by atoms with Gasteiger partial charge in [-0.3, -0.25) is 4.79 Å². The van der Waals surface area contributed by atoms with Crippen molar-refractivity contribution in [3.63, 3.8) is 0 Å². The Morgan fingerprint density at radius 1 is 1.05 bits per heavy atom. The molecule has 0 bridgehead atoms. The molecule has 22 heavy (non-hydrogen) atoms. The van der Waals surface area contributed by atoms with Crippen LogP contribution in [-0.4, -0.2) is 16.0 Å². The summed E-state index contributed by atoms with van der Waals surface area (Å²) in [5, 5.41) is 6.79. The quantitative estimate of drug-likeness (QED) is 0.795. The molecule has 0 unspecified atom stereocenters. The highest BCUT2D eigenvalue weighted by Gasteiger charge is 2.10. The van der Waals surface area contributed by atoms with Crippen molar-refractivity contribution in [1.29, 1.82) is 0 Å². The summed E-state index contributed by atoms with van der Waals surface area (Å²) >= 11 is 0. The topological polar surface area (TPSA) is 68.0 Å². The lowest BCUT2D eigenvalue weighted by Gasteiger charge is -2.03. The van der Waals surface area contributed by atoms with E-state index in [0.29, 0.717) is 18.1 Å². The molecule has 5 heteroatoms. The fourth-order valence-electron chi connectivity index (χ4n) is 1.99. The summed E-state index contributed by atoms with van der Waals surface area (Å²) in [5.41, 5.74) is 2.46. The molecule has 3 aromatic rings. The van der Waals surface area contributed by atoms with E-state index in [4.69, 9.17) is 4.52 Å². The van der Waals surface area contributed by atoms with Crippen molar-refractivity contribution in [3.8, 4) is 22.8 Å². The van der Waals surface area contributed by atoms with E-state index < -0.39 is 0 Å². The largest absolute Gasteiger partial charge is 0.334 e. The number of nitrogens with one attached hydrogen (secondary N) is 1. The maximum Gasteiger partial charge on any atom is 0.258 e. The van der Waals surface area contributed by atoms with Gasteiger partial charge in [0.05, 0.1) is 0 Å². The highest BCUT2D eigenvalue weighted by atomic mass is 16.5. The maximum absolute atomic E-state index is 11.3. The van der Waals surface area contributed by atoms with Gasteiger partial charge in [0.25, 0.3) is 5.89 Å². The fourth-order valence-corrected chi connectivity index (χ4v) is 1.99. The van der Waals surface area contributed by atoms with Gasteiger partial charge in [0.2, 0.25) is 11.7 Å². The Balaban J connectivity index is 1.80. The third-order valence-corrected chi connectivity index (χ3v) is 3.19. The zero-order chi connectivity index (χ0) is 15.4. The van der Waals surface area contributed by atoms with Crippen LogP contribution in [0.3, 0.4) is 0 Å². The summed E-state index contributed by atoms with van der Waals surface area (Å²) in [6, 6.07) is 17.0. The molecular weight excluding hydrogens is 278 g/mol. The molecule has 1 aromatic heterocycles. The summed E-state index contributed by atoms with van der Waals surface area (Å²) in [7, 11) is 0. The van der Waals surface area contributed by atoms with Crippen molar-refractivity contribution in [2.24, 2.45) is 0 Å². The van der Waals surface area contributed by atoms with Gasteiger partial charge in [0.1, 0.15) is 0 Å². The van der Waals surface area contributed by atoms with Gasteiger partial charge in [-0.05, 0) is 24.3 Å². The number of hydrogen-bond donors (Lipinski definition) is 1. The summed E-state index contributed by atoms with van der Waals surface area (Å²) in [5.74, 6) is 0.989. The Hall–Kier alpha value is -2.95. The van der Waals surface area contributed by atoms with Crippen molar-refractivity contribution in [2.75, 3.05) is 5.32 Å². The van der Waals surface area contributed by atoms with Gasteiger partial charge in [0, 0.05) is 23.2 Å². The number of rotatable bonds is 4. The average molecular weight is 293 g/mol. The molecule has 0 atom stereocenters. The van der Waals surface area contributed by atoms with Gasteiger partial charge in [-0.2, -0.15) is 4.98 Å². The zero-order valence-corrected chi connectivity index (χ0v) is 12.1. The van der Waals surface area contributed by atoms with Crippen LogP contribution in [0.1, 0.15) is 13.3 Å². The molecule has 0 fully saturated rings. The van der Waals surface area contributed by atoms with Gasteiger partial charge < -0.3 is 9.84 Å². The Labute approximate surface area is 128 Å². The van der Waals surface area contributed by atoms with E-state index in [-0.39, 0.29) is 5.91 Å². The highest BCUT2D eigenvalue weighted by Crippen LogP contribution is 2.23. The third kappa shape index (κ3) is 3.03. The Morgan fingerprint density at radius 3 is 2.45 bits per heavy atom. The summed E-state index contributed by atoms with van der Waals surface area (Å²) in [6.45, 7) is 1.81. The van der Waals surface area contributed by atoms with Crippen LogP contribution in [0.25, 0.3) is 22.8 Å². The molecule has 5 nitrogen and oxygen atoms in total. The predicted octanol–water partition coefficient (Wildman–Crippen LogP) is 3.75. The zero-order valence-electron chi connectivity index (χ0n) is 12.1. The molecule has 1 amide bonds. The Bertz CT molecular complexity index is 764. The van der Waals surface area contributed by atoms with Crippen molar-refractivity contribution in [1.82, 2.24) is 10.1 Å². The number of carbonyl (C=O) groups excluding carboxylic acids is 1. The lowest BCUT2D eigenvalue weighted by Crippen LogP contribution is -2.08. The maximum atomic E-state index is 11.3. The van der Waals surface area contributed by atoms with Gasteiger partial charge >= 0.3 is 0 Å². The monoisotopic (exact) mass is 293 g/mol. The van der Waals surface area contributed by atoms with Crippen LogP contribution in [0.4, 0.5) is 5.69 Å². The van der Waals surface area contributed by atoms with E-state index >= 15 is 0 Å². The average Bonchev–Trinajstić information content (AvgIpc) is 3.06. The van der Waals surface area contributed by atoms with Crippen LogP contribution in [-0.2, 0) is 4.79 Å². The third-order valence-electron chi connectivity index (χ3n) is 3.19. The highest BCUT2D eigenvalue weighted by molar-refractivity contribution is 5.90. The van der Waals surface area contributed by atoms with Crippen LogP contribution in [0, 0.1) is 0 Å². The van der Waals surface area contributed by atoms with Crippen LogP contribution in [0.15, 0.2) is 59.1 Å². The first-order chi connectivity index (χ1) is 10.8. The van der Waals surface area contributed by atoms with Crippen LogP contribution >= 0.6 is 0 Å². The normalized spacial score (nSPS) is 10.4. The van der Waals surface area contributed by atoms with E-state index in [1.165, 1.54) is 0 Å². The second kappa shape index (κ2) is 6.22. The van der Waals surface area contributed by atoms with Crippen molar-refractivity contribution < 1.29 is 9.32 Å². The van der Waals surface area contributed by atoms with Gasteiger partial charge in [-0.25, -0.2) is 0 Å². The fraction of sp³-hybridized carbons (Fsp3) is 0.118. The van der Waals surface area contributed by atoms with E-state index in [9.17, 15) is 4.79 Å². The molecule has 1 heterocycles. The molecule has 110 valence electrons. The first kappa shape index (κ1) is 14.0. The van der Waals surface area contributed by atoms with Gasteiger partial charge in [-0.15, -0.1) is 0 Å². The molecule has 0 aliphatic carbocycles. The number of aromatic nitrogens is 2. The SMILES string of the molecule is CCC(=O)Nc1ccc(-c2nc(-c3ccccc3)no2)cc1. The molecule has 0 aliphatic heterocycles. The first-order valence-corrected chi connectivity index (χ1v) is 7.05. The summed E-state index contributed by atoms with van der Waals surface area (Å²) < 4.78 is 5.30. The van der Waals surface area contributed by atoms with E-state index in [1.807, 2.05) is 61.5 Å². The standard InChI is InChI=1S/C17H15N3O2/c1-2-15(21)18-14-10-8-13(9-11-14)17-19-16(20-22-17)12-6-4-3-5-7-12/h3-11H,2H2,1H3,(H,18,21). The summed E-state index contributed by atoms with van der Waals surface area (Å²) in [4.78, 5) is 15.7. The lowest BCUT2D eigenvalue weighted by atomic mass is 10.2. The number of benzene rings is 2. The molecule has 0 aliphatic rings. The van der Waals surface area contributed by atoms with Gasteiger partial charge in [-0.1, -0.05) is 42.4 Å². The smallest absolute Gasteiger partial charge is 0.258 e. The van der Waals surface area contributed by atoms with Crippen LogP contribution in [0.5, 0.6) is 0 Å². The number of nitrogens with zero attached hydrogens (tertiary/aromatic N) is 2. The number of hydrogen-bond acceptors (Lipinski definition) is 4. The van der Waals surface area contributed by atoms with Crippen molar-refractivity contribution in [2.45, 2.75) is 13.3 Å². The first-order valence-electron chi connectivity index (χ1n) is 7.05. The molecular formula is C17H15N3O2. The van der Waals surface area contributed by atoms with E-state index in [1.54, 1.807) is 0 Å². The van der Waals surface area contributed by atoms with E-state index in [2.05, 4.69) is 15.5 Å². The number of carbonyl (C=O) groups is 1. The second-order valence-corrected chi connectivity index (χ2v) is 4.77.